The molecule has 1 atom stereocenters. The molecule has 8 nitrogen and oxygen atoms in total. The molecule has 3 aromatic rings. The molecule has 168 valence electrons. The summed E-state index contributed by atoms with van der Waals surface area (Å²) in [7, 11) is 0. The molecular weight excluding hydrogens is 418 g/mol. The molecule has 2 fully saturated rings. The van der Waals surface area contributed by atoms with Gasteiger partial charge in [0.1, 0.15) is 12.7 Å². The van der Waals surface area contributed by atoms with Gasteiger partial charge >= 0.3 is 0 Å². The van der Waals surface area contributed by atoms with E-state index < -0.39 is 0 Å². The third-order valence-corrected chi connectivity index (χ3v) is 6.57. The molecular formula is C25H25N5O3. The third-order valence-electron chi connectivity index (χ3n) is 6.57. The van der Waals surface area contributed by atoms with E-state index in [1.807, 2.05) is 30.3 Å². The molecule has 0 radical (unpaired) electrons. The quantitative estimate of drug-likeness (QED) is 0.596. The lowest BCUT2D eigenvalue weighted by Gasteiger charge is -2.35. The van der Waals surface area contributed by atoms with Gasteiger partial charge < -0.3 is 14.4 Å². The van der Waals surface area contributed by atoms with E-state index in [9.17, 15) is 10.1 Å². The molecule has 1 aromatic carbocycles. The van der Waals surface area contributed by atoms with Crippen LogP contribution in [-0.4, -0.2) is 58.2 Å². The summed E-state index contributed by atoms with van der Waals surface area (Å²) in [4.78, 5) is 27.0. The lowest BCUT2D eigenvalue weighted by molar-refractivity contribution is -0.137. The van der Waals surface area contributed by atoms with Crippen molar-refractivity contribution in [1.29, 1.82) is 5.26 Å². The zero-order valence-corrected chi connectivity index (χ0v) is 18.5. The Bertz CT molecular complexity index is 1220. The molecule has 33 heavy (non-hydrogen) atoms. The molecule has 2 aliphatic rings. The van der Waals surface area contributed by atoms with Crippen molar-refractivity contribution in [3.63, 3.8) is 0 Å². The standard InChI is InChI=1S/C25H25N5O3/c1-17(31)30-11-12-32-20(14-30)15-33-24-23-22(27-9-10-28-23)13-21(29-24)18-3-5-19(6-4-18)25(16-26)7-2-8-25/h3-6,9-10,13,20H,2,7-8,11-12,14-15H2,1H3/t20-/m0/s1. The second-order valence-corrected chi connectivity index (χ2v) is 8.63. The Hall–Kier alpha value is -3.57. The second-order valence-electron chi connectivity index (χ2n) is 8.63. The smallest absolute Gasteiger partial charge is 0.242 e. The molecule has 1 aliphatic heterocycles. The van der Waals surface area contributed by atoms with E-state index >= 15 is 0 Å². The Morgan fingerprint density at radius 2 is 2.06 bits per heavy atom. The van der Waals surface area contributed by atoms with Gasteiger partial charge in [0.2, 0.25) is 11.8 Å². The van der Waals surface area contributed by atoms with Gasteiger partial charge in [-0.3, -0.25) is 9.78 Å². The fourth-order valence-electron chi connectivity index (χ4n) is 4.43. The number of pyridine rings is 1. The van der Waals surface area contributed by atoms with Gasteiger partial charge in [0.15, 0.2) is 5.52 Å². The van der Waals surface area contributed by atoms with Crippen molar-refractivity contribution < 1.29 is 14.3 Å². The van der Waals surface area contributed by atoms with E-state index in [-0.39, 0.29) is 24.0 Å². The van der Waals surface area contributed by atoms with Gasteiger partial charge in [-0.2, -0.15) is 5.26 Å². The van der Waals surface area contributed by atoms with Crippen molar-refractivity contribution in [2.24, 2.45) is 0 Å². The first-order valence-electron chi connectivity index (χ1n) is 11.2. The molecule has 1 amide bonds. The van der Waals surface area contributed by atoms with Gasteiger partial charge in [0, 0.05) is 31.4 Å². The van der Waals surface area contributed by atoms with Crippen molar-refractivity contribution in [2.45, 2.75) is 37.7 Å². The predicted molar refractivity (Wildman–Crippen MR) is 121 cm³/mol. The number of nitrogens with zero attached hydrogens (tertiary/aromatic N) is 5. The number of hydrogen-bond acceptors (Lipinski definition) is 7. The summed E-state index contributed by atoms with van der Waals surface area (Å²) in [5.74, 6) is 0.416. The van der Waals surface area contributed by atoms with Crippen LogP contribution in [0.4, 0.5) is 0 Å². The Morgan fingerprint density at radius 1 is 1.27 bits per heavy atom. The van der Waals surface area contributed by atoms with Gasteiger partial charge in [-0.05, 0) is 30.9 Å². The van der Waals surface area contributed by atoms with E-state index in [1.54, 1.807) is 24.2 Å². The van der Waals surface area contributed by atoms with Crippen LogP contribution in [0.15, 0.2) is 42.7 Å². The number of rotatable bonds is 5. The highest BCUT2D eigenvalue weighted by molar-refractivity contribution is 5.83. The SMILES string of the molecule is CC(=O)N1CCO[C@H](COc2nc(-c3ccc(C4(C#N)CCC4)cc3)cc3nccnc23)C1. The highest BCUT2D eigenvalue weighted by atomic mass is 16.5. The second kappa shape index (κ2) is 8.75. The average molecular weight is 444 g/mol. The topological polar surface area (TPSA) is 101 Å². The number of aromatic nitrogens is 3. The van der Waals surface area contributed by atoms with Crippen LogP contribution in [0.3, 0.4) is 0 Å². The van der Waals surface area contributed by atoms with Crippen molar-refractivity contribution in [3.05, 3.63) is 48.3 Å². The Labute approximate surface area is 192 Å². The minimum Gasteiger partial charge on any atom is -0.473 e. The third kappa shape index (κ3) is 4.12. The first-order chi connectivity index (χ1) is 16.1. The summed E-state index contributed by atoms with van der Waals surface area (Å²) < 4.78 is 11.8. The number of fused-ring (bicyclic) bond motifs is 1. The molecule has 0 bridgehead atoms. The van der Waals surface area contributed by atoms with Gasteiger partial charge in [-0.25, -0.2) is 9.97 Å². The van der Waals surface area contributed by atoms with Gasteiger partial charge in [0.25, 0.3) is 0 Å². The summed E-state index contributed by atoms with van der Waals surface area (Å²) in [5, 5.41) is 9.62. The maximum atomic E-state index is 11.7. The number of amides is 1. The maximum absolute atomic E-state index is 11.7. The van der Waals surface area contributed by atoms with E-state index in [4.69, 9.17) is 14.5 Å². The van der Waals surface area contributed by atoms with Gasteiger partial charge in [-0.15, -0.1) is 0 Å². The summed E-state index contributed by atoms with van der Waals surface area (Å²) in [5.41, 5.74) is 3.61. The number of carbonyl (C=O) groups excluding carboxylic acids is 1. The molecule has 0 spiro atoms. The largest absolute Gasteiger partial charge is 0.473 e. The zero-order valence-electron chi connectivity index (χ0n) is 18.5. The number of hydrogen-bond donors (Lipinski definition) is 0. The van der Waals surface area contributed by atoms with Crippen molar-refractivity contribution in [1.82, 2.24) is 19.9 Å². The molecule has 0 unspecified atom stereocenters. The number of benzene rings is 1. The van der Waals surface area contributed by atoms with E-state index in [0.29, 0.717) is 36.6 Å². The van der Waals surface area contributed by atoms with E-state index in [0.717, 1.165) is 36.1 Å². The normalized spacial score (nSPS) is 19.5. The molecule has 3 heterocycles. The summed E-state index contributed by atoms with van der Waals surface area (Å²) in [6.45, 7) is 3.39. The molecule has 5 rings (SSSR count). The number of ether oxygens (including phenoxy) is 2. The maximum Gasteiger partial charge on any atom is 0.242 e. The van der Waals surface area contributed by atoms with E-state index in [2.05, 4.69) is 16.0 Å². The fraction of sp³-hybridized carbons (Fsp3) is 0.400. The Morgan fingerprint density at radius 3 is 2.76 bits per heavy atom. The van der Waals surface area contributed by atoms with Crippen molar-refractivity contribution >= 4 is 16.9 Å². The van der Waals surface area contributed by atoms with Crippen LogP contribution in [0.5, 0.6) is 5.88 Å². The summed E-state index contributed by atoms with van der Waals surface area (Å²) >= 11 is 0. The van der Waals surface area contributed by atoms with Gasteiger partial charge in [0.05, 0.1) is 35.8 Å². The first-order valence-corrected chi connectivity index (χ1v) is 11.2. The lowest BCUT2D eigenvalue weighted by Crippen LogP contribution is -2.46. The highest BCUT2D eigenvalue weighted by Crippen LogP contribution is 2.43. The average Bonchev–Trinajstić information content (AvgIpc) is 2.82. The van der Waals surface area contributed by atoms with Crippen LogP contribution in [0.2, 0.25) is 0 Å². The van der Waals surface area contributed by atoms with Gasteiger partial charge in [-0.1, -0.05) is 24.3 Å². The van der Waals surface area contributed by atoms with Crippen LogP contribution in [-0.2, 0) is 14.9 Å². The van der Waals surface area contributed by atoms with Crippen LogP contribution < -0.4 is 4.74 Å². The number of nitriles is 1. The molecule has 1 saturated carbocycles. The molecule has 8 heteroatoms. The van der Waals surface area contributed by atoms with Crippen LogP contribution >= 0.6 is 0 Å². The molecule has 0 N–H and O–H groups in total. The first kappa shape index (κ1) is 21.3. The lowest BCUT2D eigenvalue weighted by atomic mass is 9.65. The Balaban J connectivity index is 1.40. The summed E-state index contributed by atoms with van der Waals surface area (Å²) in [6.07, 6.45) is 5.93. The highest BCUT2D eigenvalue weighted by Gasteiger charge is 2.38. The Kier molecular flexibility index (Phi) is 5.65. The molecule has 1 aliphatic carbocycles. The van der Waals surface area contributed by atoms with Crippen molar-refractivity contribution in [3.8, 4) is 23.2 Å². The predicted octanol–water partition coefficient (Wildman–Crippen LogP) is 3.26. The monoisotopic (exact) mass is 443 g/mol. The molecule has 1 saturated heterocycles. The minimum atomic E-state index is -0.344. The number of morpholine rings is 1. The molecule has 2 aromatic heterocycles. The zero-order chi connectivity index (χ0) is 22.8. The number of carbonyl (C=O) groups is 1. The minimum absolute atomic E-state index is 0.0308. The van der Waals surface area contributed by atoms with Crippen molar-refractivity contribution in [2.75, 3.05) is 26.3 Å². The van der Waals surface area contributed by atoms with E-state index in [1.165, 1.54) is 0 Å². The fourth-order valence-corrected chi connectivity index (χ4v) is 4.43. The van der Waals surface area contributed by atoms with Crippen LogP contribution in [0.25, 0.3) is 22.3 Å². The van der Waals surface area contributed by atoms with Crippen LogP contribution in [0.1, 0.15) is 31.7 Å². The summed E-state index contributed by atoms with van der Waals surface area (Å²) in [6, 6.07) is 12.4. The van der Waals surface area contributed by atoms with Crippen LogP contribution in [0, 0.1) is 11.3 Å².